The first-order chi connectivity index (χ1) is 9.08. The van der Waals surface area contributed by atoms with Gasteiger partial charge in [-0.2, -0.15) is 0 Å². The fourth-order valence-corrected chi connectivity index (χ4v) is 1.74. The second-order valence-electron chi connectivity index (χ2n) is 4.74. The van der Waals surface area contributed by atoms with Crippen LogP contribution in [-0.2, 0) is 11.2 Å². The molecule has 0 bridgehead atoms. The monoisotopic (exact) mass is 265 g/mol. The summed E-state index contributed by atoms with van der Waals surface area (Å²) in [6, 6.07) is 5.90. The van der Waals surface area contributed by atoms with Gasteiger partial charge >= 0.3 is 0 Å². The summed E-state index contributed by atoms with van der Waals surface area (Å²) in [5.74, 6) is 1.62. The Morgan fingerprint density at radius 3 is 2.47 bits per heavy atom. The number of rotatable bonds is 7. The van der Waals surface area contributed by atoms with Gasteiger partial charge in [0.05, 0.1) is 14.2 Å². The number of amides is 1. The van der Waals surface area contributed by atoms with Gasteiger partial charge in [0.25, 0.3) is 0 Å². The Bertz CT molecular complexity index is 416. The Kier molecular flexibility index (Phi) is 6.19. The number of carbonyl (C=O) groups excluding carboxylic acids is 1. The highest BCUT2D eigenvalue weighted by Crippen LogP contribution is 2.27. The van der Waals surface area contributed by atoms with Crippen molar-refractivity contribution in [1.82, 2.24) is 5.32 Å². The molecule has 0 saturated carbocycles. The van der Waals surface area contributed by atoms with E-state index in [-0.39, 0.29) is 11.8 Å². The molecule has 1 N–H and O–H groups in total. The third-order valence-corrected chi connectivity index (χ3v) is 2.91. The van der Waals surface area contributed by atoms with Crippen LogP contribution in [0, 0.1) is 5.92 Å². The minimum Gasteiger partial charge on any atom is -0.493 e. The lowest BCUT2D eigenvalue weighted by atomic mass is 10.1. The molecule has 0 atom stereocenters. The van der Waals surface area contributed by atoms with Crippen molar-refractivity contribution in [3.05, 3.63) is 23.8 Å². The van der Waals surface area contributed by atoms with Gasteiger partial charge in [-0.3, -0.25) is 4.79 Å². The molecule has 1 aromatic carbocycles. The maximum Gasteiger partial charge on any atom is 0.222 e. The molecule has 0 spiro atoms. The van der Waals surface area contributed by atoms with E-state index < -0.39 is 0 Å². The maximum absolute atomic E-state index is 11.4. The topological polar surface area (TPSA) is 47.6 Å². The molecule has 106 valence electrons. The van der Waals surface area contributed by atoms with Gasteiger partial charge in [0, 0.05) is 12.5 Å². The van der Waals surface area contributed by atoms with E-state index >= 15 is 0 Å². The van der Waals surface area contributed by atoms with Crippen molar-refractivity contribution in [2.45, 2.75) is 26.7 Å². The molecule has 4 nitrogen and oxygen atoms in total. The quantitative estimate of drug-likeness (QED) is 0.770. The Morgan fingerprint density at radius 1 is 1.21 bits per heavy atom. The molecule has 1 amide bonds. The van der Waals surface area contributed by atoms with E-state index in [1.807, 2.05) is 32.0 Å². The summed E-state index contributed by atoms with van der Waals surface area (Å²) in [6.07, 6.45) is 1.81. The molecule has 0 radical (unpaired) electrons. The molecule has 0 aliphatic heterocycles. The first kappa shape index (κ1) is 15.3. The molecular formula is C15H23NO3. The lowest BCUT2D eigenvalue weighted by Crippen LogP contribution is -2.28. The molecule has 0 aliphatic rings. The smallest absolute Gasteiger partial charge is 0.222 e. The molecule has 0 heterocycles. The van der Waals surface area contributed by atoms with Crippen molar-refractivity contribution in [3.8, 4) is 11.5 Å². The number of hydrogen-bond donors (Lipinski definition) is 1. The van der Waals surface area contributed by atoms with Crippen molar-refractivity contribution in [1.29, 1.82) is 0 Å². The van der Waals surface area contributed by atoms with E-state index in [9.17, 15) is 4.79 Å². The van der Waals surface area contributed by atoms with Gasteiger partial charge in [0.15, 0.2) is 11.5 Å². The maximum atomic E-state index is 11.4. The van der Waals surface area contributed by atoms with Crippen LogP contribution in [0.1, 0.15) is 25.8 Å². The molecule has 4 heteroatoms. The zero-order valence-corrected chi connectivity index (χ0v) is 12.2. The number of hydrogen-bond acceptors (Lipinski definition) is 3. The summed E-state index contributed by atoms with van der Waals surface area (Å²) < 4.78 is 10.5. The van der Waals surface area contributed by atoms with Crippen molar-refractivity contribution in [2.24, 2.45) is 5.92 Å². The molecule has 0 unspecified atom stereocenters. The van der Waals surface area contributed by atoms with Gasteiger partial charge in [-0.05, 0) is 30.5 Å². The number of nitrogens with one attached hydrogen (secondary N) is 1. The number of ether oxygens (including phenoxy) is 2. The summed E-state index contributed by atoms with van der Waals surface area (Å²) in [6.45, 7) is 4.48. The van der Waals surface area contributed by atoms with Gasteiger partial charge in [0.2, 0.25) is 5.91 Å². The Balaban J connectivity index is 2.43. The van der Waals surface area contributed by atoms with E-state index in [0.29, 0.717) is 6.54 Å². The third-order valence-electron chi connectivity index (χ3n) is 2.91. The number of aryl methyl sites for hydroxylation is 1. The molecule has 0 fully saturated rings. The zero-order chi connectivity index (χ0) is 14.3. The van der Waals surface area contributed by atoms with Crippen LogP contribution in [0.25, 0.3) is 0 Å². The van der Waals surface area contributed by atoms with E-state index in [1.54, 1.807) is 14.2 Å². The molecule has 0 aromatic heterocycles. The zero-order valence-electron chi connectivity index (χ0n) is 12.2. The number of benzene rings is 1. The van der Waals surface area contributed by atoms with Crippen LogP contribution in [0.3, 0.4) is 0 Å². The average Bonchev–Trinajstić information content (AvgIpc) is 2.42. The van der Waals surface area contributed by atoms with Gasteiger partial charge in [-0.25, -0.2) is 0 Å². The summed E-state index contributed by atoms with van der Waals surface area (Å²) in [7, 11) is 3.25. The van der Waals surface area contributed by atoms with Crippen LogP contribution in [0.5, 0.6) is 11.5 Å². The lowest BCUT2D eigenvalue weighted by molar-refractivity contribution is -0.123. The minimum atomic E-state index is 0.0427. The highest BCUT2D eigenvalue weighted by molar-refractivity contribution is 5.77. The first-order valence-corrected chi connectivity index (χ1v) is 6.57. The Hall–Kier alpha value is -1.71. The summed E-state index contributed by atoms with van der Waals surface area (Å²) >= 11 is 0. The van der Waals surface area contributed by atoms with Gasteiger partial charge in [0.1, 0.15) is 0 Å². The SMILES string of the molecule is COc1ccc(CCCNC(=O)C(C)C)cc1OC. The first-order valence-electron chi connectivity index (χ1n) is 6.57. The highest BCUT2D eigenvalue weighted by Gasteiger charge is 2.06. The van der Waals surface area contributed by atoms with Crippen molar-refractivity contribution in [3.63, 3.8) is 0 Å². The van der Waals surface area contributed by atoms with Gasteiger partial charge in [-0.15, -0.1) is 0 Å². The minimum absolute atomic E-state index is 0.0427. The van der Waals surface area contributed by atoms with Gasteiger partial charge in [-0.1, -0.05) is 19.9 Å². The van der Waals surface area contributed by atoms with Crippen LogP contribution in [-0.4, -0.2) is 26.7 Å². The largest absolute Gasteiger partial charge is 0.493 e. The molecule has 0 saturated heterocycles. The fourth-order valence-electron chi connectivity index (χ4n) is 1.74. The van der Waals surface area contributed by atoms with Gasteiger partial charge < -0.3 is 14.8 Å². The van der Waals surface area contributed by atoms with Crippen LogP contribution in [0.4, 0.5) is 0 Å². The number of methoxy groups -OCH3 is 2. The third kappa shape index (κ3) is 4.81. The second-order valence-corrected chi connectivity index (χ2v) is 4.74. The second kappa shape index (κ2) is 7.67. The lowest BCUT2D eigenvalue weighted by Gasteiger charge is -2.10. The predicted molar refractivity (Wildman–Crippen MR) is 75.7 cm³/mol. The molecular weight excluding hydrogens is 242 g/mol. The average molecular weight is 265 g/mol. The molecule has 1 rings (SSSR count). The Morgan fingerprint density at radius 2 is 1.89 bits per heavy atom. The highest BCUT2D eigenvalue weighted by atomic mass is 16.5. The van der Waals surface area contributed by atoms with Crippen LogP contribution in [0.15, 0.2) is 18.2 Å². The van der Waals surface area contributed by atoms with Crippen molar-refractivity contribution >= 4 is 5.91 Å². The predicted octanol–water partition coefficient (Wildman–Crippen LogP) is 2.41. The standard InChI is InChI=1S/C15H23NO3/c1-11(2)15(17)16-9-5-6-12-7-8-13(18-3)14(10-12)19-4/h7-8,10-11H,5-6,9H2,1-4H3,(H,16,17). The van der Waals surface area contributed by atoms with Crippen LogP contribution < -0.4 is 14.8 Å². The fraction of sp³-hybridized carbons (Fsp3) is 0.533. The summed E-state index contributed by atoms with van der Waals surface area (Å²) in [5, 5.41) is 2.91. The summed E-state index contributed by atoms with van der Waals surface area (Å²) in [4.78, 5) is 11.4. The number of carbonyl (C=O) groups is 1. The van der Waals surface area contributed by atoms with Crippen LogP contribution >= 0.6 is 0 Å². The van der Waals surface area contributed by atoms with E-state index in [2.05, 4.69) is 5.32 Å². The molecule has 1 aromatic rings. The normalized spacial score (nSPS) is 10.4. The van der Waals surface area contributed by atoms with Crippen LogP contribution in [0.2, 0.25) is 0 Å². The van der Waals surface area contributed by atoms with E-state index in [0.717, 1.165) is 24.3 Å². The molecule has 0 aliphatic carbocycles. The van der Waals surface area contributed by atoms with E-state index in [4.69, 9.17) is 9.47 Å². The summed E-state index contributed by atoms with van der Waals surface area (Å²) in [5.41, 5.74) is 1.18. The van der Waals surface area contributed by atoms with Crippen molar-refractivity contribution < 1.29 is 14.3 Å². The van der Waals surface area contributed by atoms with E-state index in [1.165, 1.54) is 5.56 Å². The van der Waals surface area contributed by atoms with Crippen molar-refractivity contribution in [2.75, 3.05) is 20.8 Å². The Labute approximate surface area is 115 Å². The molecule has 19 heavy (non-hydrogen) atoms.